The van der Waals surface area contributed by atoms with Crippen molar-refractivity contribution in [2.24, 2.45) is 5.92 Å². The minimum atomic E-state index is -1.65. The van der Waals surface area contributed by atoms with Gasteiger partial charge in [-0.05, 0) is 48.6 Å². The first kappa shape index (κ1) is 27.9. The number of H-pyrrole nitrogens is 1. The molecule has 0 saturated heterocycles. The second kappa shape index (κ2) is 10.9. The molecular weight excluding hydrogens is 539 g/mol. The number of hydrogen-bond donors (Lipinski definition) is 4. The zero-order chi connectivity index (χ0) is 27.8. The number of aryl methyl sites for hydroxylation is 1. The molecule has 0 fully saturated rings. The molecule has 0 spiro atoms. The number of halogens is 4. The van der Waals surface area contributed by atoms with Crippen molar-refractivity contribution in [3.05, 3.63) is 68.8 Å². The van der Waals surface area contributed by atoms with E-state index in [0.29, 0.717) is 39.4 Å². The largest absolute Gasteiger partial charge is 0.479 e. The third-order valence-corrected chi connectivity index (χ3v) is 7.80. The number of amides is 2. The molecule has 1 aromatic heterocycles. The summed E-state index contributed by atoms with van der Waals surface area (Å²) in [6.45, 7) is 3.54. The summed E-state index contributed by atoms with van der Waals surface area (Å²) in [5, 5.41) is 17.0. The molecule has 2 amide bonds. The van der Waals surface area contributed by atoms with Crippen LogP contribution in [0, 0.1) is 17.6 Å². The van der Waals surface area contributed by atoms with E-state index in [2.05, 4.69) is 15.6 Å². The number of aliphatic carboxylic acids is 1. The molecule has 1 aliphatic rings. The highest BCUT2D eigenvalue weighted by atomic mass is 35.5. The van der Waals surface area contributed by atoms with E-state index in [-0.39, 0.29) is 18.8 Å². The summed E-state index contributed by atoms with van der Waals surface area (Å²) >= 11 is 12.5. The Hall–Kier alpha value is -3.17. The molecule has 38 heavy (non-hydrogen) atoms. The fourth-order valence-corrected chi connectivity index (χ4v) is 5.46. The van der Waals surface area contributed by atoms with Gasteiger partial charge in [-0.15, -0.1) is 0 Å². The molecule has 4 N–H and O–H groups in total. The lowest BCUT2D eigenvalue weighted by Crippen LogP contribution is -2.62. The van der Waals surface area contributed by atoms with Crippen LogP contribution in [0.5, 0.6) is 0 Å². The SMILES string of the molecule is CCC(C)C(NC(=O)Cc1c(F)cccc1F)C(=O)N[C@]1(C(=O)O)CCc2[nH]c3c(Cl)cc(Cl)cc3c2C1. The van der Waals surface area contributed by atoms with Gasteiger partial charge in [0.15, 0.2) is 0 Å². The second-order valence-electron chi connectivity index (χ2n) is 9.75. The zero-order valence-electron chi connectivity index (χ0n) is 20.8. The molecule has 11 heteroatoms. The van der Waals surface area contributed by atoms with Gasteiger partial charge in [0.1, 0.15) is 23.2 Å². The Labute approximate surface area is 227 Å². The Balaban J connectivity index is 1.59. The van der Waals surface area contributed by atoms with E-state index in [0.717, 1.165) is 17.8 Å². The number of nitrogens with one attached hydrogen (secondary N) is 3. The van der Waals surface area contributed by atoms with Crippen LogP contribution in [0.2, 0.25) is 10.0 Å². The van der Waals surface area contributed by atoms with Gasteiger partial charge in [0.2, 0.25) is 11.8 Å². The van der Waals surface area contributed by atoms with Crippen LogP contribution < -0.4 is 10.6 Å². The summed E-state index contributed by atoms with van der Waals surface area (Å²) in [4.78, 5) is 42.0. The van der Waals surface area contributed by atoms with Gasteiger partial charge >= 0.3 is 5.97 Å². The highest BCUT2D eigenvalue weighted by Crippen LogP contribution is 2.38. The monoisotopic (exact) mass is 565 g/mol. The summed E-state index contributed by atoms with van der Waals surface area (Å²) in [6, 6.07) is 5.45. The van der Waals surface area contributed by atoms with Gasteiger partial charge in [-0.2, -0.15) is 0 Å². The van der Waals surface area contributed by atoms with Crippen molar-refractivity contribution in [3.63, 3.8) is 0 Å². The normalized spacial score (nSPS) is 18.5. The van der Waals surface area contributed by atoms with Crippen LogP contribution in [0.25, 0.3) is 10.9 Å². The van der Waals surface area contributed by atoms with Gasteiger partial charge in [-0.25, -0.2) is 13.6 Å². The van der Waals surface area contributed by atoms with Gasteiger partial charge in [0.25, 0.3) is 0 Å². The van der Waals surface area contributed by atoms with Crippen LogP contribution in [0.4, 0.5) is 8.78 Å². The third-order valence-electron chi connectivity index (χ3n) is 7.28. The van der Waals surface area contributed by atoms with E-state index in [1.165, 1.54) is 6.07 Å². The van der Waals surface area contributed by atoms with Crippen molar-refractivity contribution in [3.8, 4) is 0 Å². The van der Waals surface area contributed by atoms with E-state index < -0.39 is 53.0 Å². The highest BCUT2D eigenvalue weighted by Gasteiger charge is 2.45. The Bertz CT molecular complexity index is 1410. The average Bonchev–Trinajstić information content (AvgIpc) is 3.22. The number of hydrogen-bond acceptors (Lipinski definition) is 3. The summed E-state index contributed by atoms with van der Waals surface area (Å²) in [7, 11) is 0. The fourth-order valence-electron chi connectivity index (χ4n) is 4.92. The van der Waals surface area contributed by atoms with E-state index in [4.69, 9.17) is 23.2 Å². The molecular formula is C27H27Cl2F2N3O4. The summed E-state index contributed by atoms with van der Waals surface area (Å²) in [6.07, 6.45) is 0.277. The minimum absolute atomic E-state index is 0.0261. The molecule has 4 rings (SSSR count). The number of aromatic amines is 1. The number of benzene rings is 2. The number of fused-ring (bicyclic) bond motifs is 3. The molecule has 0 bridgehead atoms. The lowest BCUT2D eigenvalue weighted by Gasteiger charge is -2.36. The van der Waals surface area contributed by atoms with Crippen molar-refractivity contribution in [2.45, 2.75) is 57.5 Å². The Morgan fingerprint density at radius 1 is 1.18 bits per heavy atom. The number of carbonyl (C=O) groups is 3. The summed E-state index contributed by atoms with van der Waals surface area (Å²) in [5.41, 5.74) is 0.0826. The van der Waals surface area contributed by atoms with Crippen LogP contribution in [-0.2, 0) is 33.6 Å². The Kier molecular flexibility index (Phi) is 7.99. The first-order valence-corrected chi connectivity index (χ1v) is 13.0. The van der Waals surface area contributed by atoms with Gasteiger partial charge < -0.3 is 20.7 Å². The predicted octanol–water partition coefficient (Wildman–Crippen LogP) is 4.95. The van der Waals surface area contributed by atoms with Crippen molar-refractivity contribution >= 4 is 51.9 Å². The van der Waals surface area contributed by atoms with Gasteiger partial charge in [-0.1, -0.05) is 49.5 Å². The molecule has 0 radical (unpaired) electrons. The predicted molar refractivity (Wildman–Crippen MR) is 140 cm³/mol. The zero-order valence-corrected chi connectivity index (χ0v) is 22.3. The number of carboxylic acids is 1. The van der Waals surface area contributed by atoms with E-state index >= 15 is 0 Å². The number of carbonyl (C=O) groups excluding carboxylic acids is 2. The third kappa shape index (κ3) is 5.35. The molecule has 202 valence electrons. The lowest BCUT2D eigenvalue weighted by molar-refractivity contribution is -0.149. The molecule has 7 nitrogen and oxygen atoms in total. The molecule has 0 saturated carbocycles. The molecule has 0 aliphatic heterocycles. The average molecular weight is 566 g/mol. The van der Waals surface area contributed by atoms with Crippen LogP contribution >= 0.6 is 23.2 Å². The topological polar surface area (TPSA) is 111 Å². The van der Waals surface area contributed by atoms with Crippen LogP contribution in [0.3, 0.4) is 0 Å². The maximum atomic E-state index is 14.1. The van der Waals surface area contributed by atoms with E-state index in [9.17, 15) is 28.3 Å². The molecule has 3 atom stereocenters. The van der Waals surface area contributed by atoms with Crippen LogP contribution in [-0.4, -0.2) is 39.5 Å². The first-order chi connectivity index (χ1) is 18.0. The lowest BCUT2D eigenvalue weighted by atomic mass is 9.79. The number of rotatable bonds is 8. The molecule has 1 aliphatic carbocycles. The number of aromatic nitrogens is 1. The minimum Gasteiger partial charge on any atom is -0.479 e. The van der Waals surface area contributed by atoms with E-state index in [1.807, 2.05) is 6.92 Å². The van der Waals surface area contributed by atoms with Crippen molar-refractivity contribution in [1.29, 1.82) is 0 Å². The highest BCUT2D eigenvalue weighted by molar-refractivity contribution is 6.38. The Morgan fingerprint density at radius 3 is 2.50 bits per heavy atom. The van der Waals surface area contributed by atoms with Crippen LogP contribution in [0.15, 0.2) is 30.3 Å². The quantitative estimate of drug-likeness (QED) is 0.309. The maximum Gasteiger partial charge on any atom is 0.329 e. The number of carboxylic acid groups (broad SMARTS) is 1. The summed E-state index contributed by atoms with van der Waals surface area (Å²) < 4.78 is 28.1. The van der Waals surface area contributed by atoms with Crippen LogP contribution in [0.1, 0.15) is 43.5 Å². The van der Waals surface area contributed by atoms with Gasteiger partial charge in [0, 0.05) is 28.1 Å². The van der Waals surface area contributed by atoms with Crippen molar-refractivity contribution < 1.29 is 28.3 Å². The second-order valence-corrected chi connectivity index (χ2v) is 10.6. The Morgan fingerprint density at radius 2 is 1.87 bits per heavy atom. The molecule has 3 aromatic rings. The molecule has 2 aromatic carbocycles. The molecule has 2 unspecified atom stereocenters. The summed E-state index contributed by atoms with van der Waals surface area (Å²) in [5.74, 6) is -4.80. The van der Waals surface area contributed by atoms with Crippen molar-refractivity contribution in [2.75, 3.05) is 0 Å². The van der Waals surface area contributed by atoms with Gasteiger partial charge in [0.05, 0.1) is 17.0 Å². The molecule has 1 heterocycles. The van der Waals surface area contributed by atoms with E-state index in [1.54, 1.807) is 19.1 Å². The maximum absolute atomic E-state index is 14.1. The fraction of sp³-hybridized carbons (Fsp3) is 0.370. The first-order valence-electron chi connectivity index (χ1n) is 12.2. The van der Waals surface area contributed by atoms with Gasteiger partial charge in [-0.3, -0.25) is 9.59 Å². The smallest absolute Gasteiger partial charge is 0.329 e. The standard InChI is InChI=1S/C27H27Cl2F2N3O4/c1-3-13(2)23(33-22(35)11-16-19(30)5-4-6-20(16)31)25(36)34-27(26(37)38)8-7-21-17(12-27)15-9-14(28)10-18(29)24(15)32-21/h4-6,9-10,13,23,32H,3,7-8,11-12H2,1-2H3,(H,33,35)(H,34,36)(H,37,38)/t13?,23?,27-/m1/s1. The van der Waals surface area contributed by atoms with Crippen molar-refractivity contribution in [1.82, 2.24) is 15.6 Å².